The van der Waals surface area contributed by atoms with Crippen molar-refractivity contribution >= 4 is 23.2 Å². The lowest BCUT2D eigenvalue weighted by Crippen LogP contribution is -3.00. The summed E-state index contributed by atoms with van der Waals surface area (Å²) >= 11 is 0. The van der Waals surface area contributed by atoms with Gasteiger partial charge in [0.05, 0.1) is 12.8 Å². The molecule has 0 spiro atoms. The van der Waals surface area contributed by atoms with E-state index in [1.165, 1.54) is 21.5 Å². The fourth-order valence-electron chi connectivity index (χ4n) is 3.79. The van der Waals surface area contributed by atoms with Crippen molar-refractivity contribution in [2.45, 2.75) is 12.8 Å². The summed E-state index contributed by atoms with van der Waals surface area (Å²) < 4.78 is 0. The quantitative estimate of drug-likeness (QED) is 0.432. The summed E-state index contributed by atoms with van der Waals surface area (Å²) in [7, 11) is -1.86. The van der Waals surface area contributed by atoms with E-state index in [0.29, 0.717) is 0 Å². The van der Waals surface area contributed by atoms with Gasteiger partial charge in [-0.05, 0) is 47.5 Å². The molecule has 1 N–H and O–H groups in total. The van der Waals surface area contributed by atoms with Crippen molar-refractivity contribution in [2.24, 2.45) is 0 Å². The molecular formula is C26H24BrOP. The first-order chi connectivity index (χ1) is 13.8. The van der Waals surface area contributed by atoms with E-state index >= 15 is 0 Å². The van der Waals surface area contributed by atoms with Gasteiger partial charge >= 0.3 is 0 Å². The maximum Gasteiger partial charge on any atom is 0.116 e. The highest BCUT2D eigenvalue weighted by atomic mass is 79.9. The predicted octanol–water partition coefficient (Wildman–Crippen LogP) is 1.68. The highest BCUT2D eigenvalue weighted by molar-refractivity contribution is 7.95. The zero-order valence-electron chi connectivity index (χ0n) is 16.2. The molecule has 0 aromatic heterocycles. The summed E-state index contributed by atoms with van der Waals surface area (Å²) in [6.07, 6.45) is 0.955. The van der Waals surface area contributed by atoms with Crippen LogP contribution >= 0.6 is 7.26 Å². The molecule has 4 aromatic rings. The maximum absolute atomic E-state index is 9.40. The van der Waals surface area contributed by atoms with Gasteiger partial charge in [0.1, 0.15) is 23.2 Å². The molecule has 3 heteroatoms. The largest absolute Gasteiger partial charge is 1.00 e. The first-order valence-corrected chi connectivity index (χ1v) is 11.5. The second kappa shape index (κ2) is 9.98. The van der Waals surface area contributed by atoms with E-state index in [-0.39, 0.29) is 23.6 Å². The second-order valence-electron chi connectivity index (χ2n) is 6.95. The van der Waals surface area contributed by atoms with Crippen molar-refractivity contribution < 1.29 is 22.1 Å². The average Bonchev–Trinajstić information content (AvgIpc) is 2.80. The molecule has 146 valence electrons. The summed E-state index contributed by atoms with van der Waals surface area (Å²) in [5.41, 5.74) is 2.24. The number of rotatable bonds is 6. The molecule has 0 radical (unpaired) electrons. The van der Waals surface area contributed by atoms with Gasteiger partial charge in [-0.25, -0.2) is 0 Å². The summed E-state index contributed by atoms with van der Waals surface area (Å²) in [6.45, 7) is 0.0800. The Morgan fingerprint density at radius 2 is 0.828 bits per heavy atom. The molecule has 29 heavy (non-hydrogen) atoms. The maximum atomic E-state index is 9.40. The van der Waals surface area contributed by atoms with E-state index in [9.17, 15) is 5.11 Å². The summed E-state index contributed by atoms with van der Waals surface area (Å²) in [6, 6.07) is 41.2. The van der Waals surface area contributed by atoms with E-state index in [1.54, 1.807) is 0 Å². The summed E-state index contributed by atoms with van der Waals surface area (Å²) in [5.74, 6) is 0. The number of hydrogen-bond donors (Lipinski definition) is 1. The molecule has 4 aromatic carbocycles. The molecule has 0 aliphatic rings. The third kappa shape index (κ3) is 4.51. The van der Waals surface area contributed by atoms with Crippen LogP contribution < -0.4 is 32.9 Å². The molecule has 0 aliphatic carbocycles. The van der Waals surface area contributed by atoms with E-state index in [1.807, 2.05) is 12.1 Å². The molecule has 0 fully saturated rings. The van der Waals surface area contributed by atoms with Gasteiger partial charge in [-0.2, -0.15) is 0 Å². The minimum absolute atomic E-state index is 0. The Balaban J connectivity index is 0.00000240. The third-order valence-corrected chi connectivity index (χ3v) is 9.59. The Kier molecular flexibility index (Phi) is 7.39. The van der Waals surface area contributed by atoms with Gasteiger partial charge in [0, 0.05) is 0 Å². The van der Waals surface area contributed by atoms with Crippen LogP contribution in [0.5, 0.6) is 0 Å². The first-order valence-electron chi connectivity index (χ1n) is 9.56. The van der Waals surface area contributed by atoms with Crippen molar-refractivity contribution in [3.63, 3.8) is 0 Å². The standard InChI is InChI=1S/C26H24OP.BrH/c27-20-22-16-18-23(19-17-22)21-28(24-10-4-1-5-11-24,25-12-6-2-7-13-25)26-14-8-3-9-15-26;/h1-19,27H,20-21H2;1H/q+1;/p-1. The van der Waals surface area contributed by atoms with E-state index < -0.39 is 7.26 Å². The Hall–Kier alpha value is -2.25. The van der Waals surface area contributed by atoms with Gasteiger partial charge in [-0.3, -0.25) is 0 Å². The van der Waals surface area contributed by atoms with Crippen LogP contribution in [0.2, 0.25) is 0 Å². The highest BCUT2D eigenvalue weighted by Crippen LogP contribution is 2.58. The van der Waals surface area contributed by atoms with Crippen LogP contribution in [-0.4, -0.2) is 5.11 Å². The van der Waals surface area contributed by atoms with Gasteiger partial charge in [0.25, 0.3) is 0 Å². The number of aliphatic hydroxyl groups excluding tert-OH is 1. The highest BCUT2D eigenvalue weighted by Gasteiger charge is 2.45. The van der Waals surface area contributed by atoms with E-state index in [0.717, 1.165) is 11.7 Å². The lowest BCUT2D eigenvalue weighted by atomic mass is 10.2. The fourth-order valence-corrected chi connectivity index (χ4v) is 8.04. The Morgan fingerprint density at radius 3 is 1.17 bits per heavy atom. The lowest BCUT2D eigenvalue weighted by molar-refractivity contribution is -0.00000640. The van der Waals surface area contributed by atoms with Crippen LogP contribution in [0.4, 0.5) is 0 Å². The van der Waals surface area contributed by atoms with Crippen molar-refractivity contribution in [2.75, 3.05) is 0 Å². The molecule has 0 heterocycles. The molecule has 0 amide bonds. The van der Waals surface area contributed by atoms with Crippen molar-refractivity contribution in [1.82, 2.24) is 0 Å². The van der Waals surface area contributed by atoms with Crippen LogP contribution in [0.3, 0.4) is 0 Å². The first kappa shape index (κ1) is 21.5. The summed E-state index contributed by atoms with van der Waals surface area (Å²) in [5, 5.41) is 13.6. The second-order valence-corrected chi connectivity index (χ2v) is 10.4. The fraction of sp³-hybridized carbons (Fsp3) is 0.0769. The predicted molar refractivity (Wildman–Crippen MR) is 121 cm³/mol. The molecule has 0 bridgehead atoms. The van der Waals surface area contributed by atoms with Crippen molar-refractivity contribution in [3.8, 4) is 0 Å². The van der Waals surface area contributed by atoms with Gasteiger partial charge in [0.15, 0.2) is 0 Å². The average molecular weight is 463 g/mol. The zero-order valence-corrected chi connectivity index (χ0v) is 18.6. The van der Waals surface area contributed by atoms with Crippen LogP contribution in [0.15, 0.2) is 115 Å². The molecular weight excluding hydrogens is 439 g/mol. The molecule has 0 saturated carbocycles. The molecule has 4 rings (SSSR count). The van der Waals surface area contributed by atoms with Crippen molar-refractivity contribution in [1.29, 1.82) is 0 Å². The third-order valence-electron chi connectivity index (χ3n) is 5.22. The van der Waals surface area contributed by atoms with Gasteiger partial charge in [0.2, 0.25) is 0 Å². The minimum Gasteiger partial charge on any atom is -1.00 e. The zero-order chi connectivity index (χ0) is 19.2. The Morgan fingerprint density at radius 1 is 0.483 bits per heavy atom. The molecule has 0 unspecified atom stereocenters. The molecule has 0 saturated heterocycles. The van der Waals surface area contributed by atoms with Gasteiger partial charge in [-0.1, -0.05) is 78.9 Å². The Bertz CT molecular complexity index is 906. The van der Waals surface area contributed by atoms with Crippen LogP contribution in [-0.2, 0) is 12.8 Å². The number of hydrogen-bond acceptors (Lipinski definition) is 1. The lowest BCUT2D eigenvalue weighted by Gasteiger charge is -2.28. The van der Waals surface area contributed by atoms with E-state index in [4.69, 9.17) is 0 Å². The number of halogens is 1. The van der Waals surface area contributed by atoms with Crippen LogP contribution in [0.1, 0.15) is 11.1 Å². The van der Waals surface area contributed by atoms with Gasteiger partial charge in [-0.15, -0.1) is 0 Å². The topological polar surface area (TPSA) is 20.2 Å². The normalized spacial score (nSPS) is 10.9. The minimum atomic E-state index is -1.86. The SMILES string of the molecule is OCc1ccc(C[P+](c2ccccc2)(c2ccccc2)c2ccccc2)cc1.[Br-]. The van der Waals surface area contributed by atoms with Crippen LogP contribution in [0, 0.1) is 0 Å². The molecule has 1 nitrogen and oxygen atoms in total. The van der Waals surface area contributed by atoms with E-state index in [2.05, 4.69) is 103 Å². The van der Waals surface area contributed by atoms with Crippen molar-refractivity contribution in [3.05, 3.63) is 126 Å². The monoisotopic (exact) mass is 462 g/mol. The van der Waals surface area contributed by atoms with Gasteiger partial charge < -0.3 is 22.1 Å². The van der Waals surface area contributed by atoms with Crippen LogP contribution in [0.25, 0.3) is 0 Å². The smallest absolute Gasteiger partial charge is 0.116 e. The Labute approximate surface area is 184 Å². The number of benzene rings is 4. The number of aliphatic hydroxyl groups is 1. The summed E-state index contributed by atoms with van der Waals surface area (Å²) in [4.78, 5) is 0. The molecule has 0 aliphatic heterocycles. The molecule has 0 atom stereocenters.